The van der Waals surface area contributed by atoms with Crippen LogP contribution in [-0.2, 0) is 0 Å². The molecule has 3 nitrogen and oxygen atoms in total. The van der Waals surface area contributed by atoms with Crippen LogP contribution in [-0.4, -0.2) is 19.2 Å². The minimum Gasteiger partial charge on any atom is -0.483 e. The summed E-state index contributed by atoms with van der Waals surface area (Å²) in [5.41, 5.74) is 1.83. The molecule has 0 aromatic heterocycles. The van der Waals surface area contributed by atoms with Crippen LogP contribution in [0.15, 0.2) is 78.9 Å². The summed E-state index contributed by atoms with van der Waals surface area (Å²) in [5.74, 6) is -1.77. The van der Waals surface area contributed by atoms with Crippen molar-refractivity contribution in [2.24, 2.45) is 0 Å². The van der Waals surface area contributed by atoms with Gasteiger partial charge in [-0.3, -0.25) is 0 Å². The maximum Gasteiger partial charge on any atom is 0.179 e. The number of hydrogen-bond acceptors (Lipinski definition) is 3. The van der Waals surface area contributed by atoms with Gasteiger partial charge in [-0.05, 0) is 60.5 Å². The average Bonchev–Trinajstić information content (AvgIpc) is 2.84. The molecule has 34 heavy (non-hydrogen) atoms. The molecule has 0 aliphatic carbocycles. The van der Waals surface area contributed by atoms with Crippen LogP contribution < -0.4 is 15.0 Å². The lowest BCUT2D eigenvalue weighted by molar-refractivity contribution is 0.177. The Morgan fingerprint density at radius 3 is 2.56 bits per heavy atom. The number of anilines is 2. The molecule has 174 valence electrons. The molecule has 1 aliphatic heterocycles. The van der Waals surface area contributed by atoms with Crippen molar-refractivity contribution in [1.29, 1.82) is 0 Å². The number of halogens is 3. The van der Waals surface area contributed by atoms with E-state index in [9.17, 15) is 13.2 Å². The summed E-state index contributed by atoms with van der Waals surface area (Å²) < 4.78 is 48.7. The van der Waals surface area contributed by atoms with Crippen molar-refractivity contribution >= 4 is 22.1 Å². The zero-order valence-corrected chi connectivity index (χ0v) is 18.8. The summed E-state index contributed by atoms with van der Waals surface area (Å²) in [5, 5.41) is 5.92. The molecule has 1 heterocycles. The summed E-state index contributed by atoms with van der Waals surface area (Å²) in [6.45, 7) is 3.06. The largest absolute Gasteiger partial charge is 0.483 e. The van der Waals surface area contributed by atoms with Crippen LogP contribution in [0, 0.1) is 17.5 Å². The Kier molecular flexibility index (Phi) is 6.16. The lowest BCUT2D eigenvalue weighted by Crippen LogP contribution is -2.40. The zero-order valence-electron chi connectivity index (χ0n) is 18.8. The summed E-state index contributed by atoms with van der Waals surface area (Å²) in [6.07, 6.45) is 0.212. The average molecular weight is 463 g/mol. The number of fused-ring (bicyclic) bond motifs is 2. The van der Waals surface area contributed by atoms with Crippen molar-refractivity contribution in [1.82, 2.24) is 5.32 Å². The third-order valence-corrected chi connectivity index (χ3v) is 6.31. The second-order valence-electron chi connectivity index (χ2n) is 8.57. The lowest BCUT2D eigenvalue weighted by atomic mass is 9.99. The molecule has 0 amide bonds. The molecule has 0 spiro atoms. The molecule has 1 unspecified atom stereocenters. The molecule has 0 fully saturated rings. The first kappa shape index (κ1) is 22.3. The lowest BCUT2D eigenvalue weighted by Gasteiger charge is -2.36. The Balaban J connectivity index is 1.33. The molecular weight excluding hydrogens is 437 g/mol. The van der Waals surface area contributed by atoms with Gasteiger partial charge in [-0.2, -0.15) is 0 Å². The van der Waals surface area contributed by atoms with Crippen LogP contribution in [0.1, 0.15) is 24.9 Å². The Bertz CT molecular complexity index is 1320. The quantitative estimate of drug-likeness (QED) is 0.337. The van der Waals surface area contributed by atoms with Gasteiger partial charge in [0, 0.05) is 12.1 Å². The van der Waals surface area contributed by atoms with Crippen molar-refractivity contribution in [2.45, 2.75) is 25.5 Å². The van der Waals surface area contributed by atoms with Gasteiger partial charge in [0.05, 0.1) is 17.9 Å². The Morgan fingerprint density at radius 1 is 0.912 bits per heavy atom. The second kappa shape index (κ2) is 9.39. The zero-order chi connectivity index (χ0) is 23.7. The molecule has 2 atom stereocenters. The van der Waals surface area contributed by atoms with Crippen molar-refractivity contribution < 1.29 is 17.9 Å². The third-order valence-electron chi connectivity index (χ3n) is 6.31. The molecule has 0 saturated carbocycles. The normalized spacial score (nSPS) is 16.2. The van der Waals surface area contributed by atoms with E-state index in [2.05, 4.69) is 42.6 Å². The van der Waals surface area contributed by atoms with Crippen LogP contribution in [0.25, 0.3) is 10.8 Å². The highest BCUT2D eigenvalue weighted by atomic mass is 19.1. The first-order valence-electron chi connectivity index (χ1n) is 11.4. The van der Waals surface area contributed by atoms with E-state index < -0.39 is 17.5 Å². The van der Waals surface area contributed by atoms with E-state index in [4.69, 9.17) is 4.74 Å². The van der Waals surface area contributed by atoms with Gasteiger partial charge in [0.2, 0.25) is 0 Å². The Hall–Kier alpha value is -3.51. The smallest absolute Gasteiger partial charge is 0.179 e. The van der Waals surface area contributed by atoms with Gasteiger partial charge in [-0.1, -0.05) is 48.5 Å². The van der Waals surface area contributed by atoms with E-state index in [-0.39, 0.29) is 23.6 Å². The molecular formula is C28H25F3N2O. The van der Waals surface area contributed by atoms with Gasteiger partial charge in [-0.25, -0.2) is 13.2 Å². The highest BCUT2D eigenvalue weighted by Gasteiger charge is 2.30. The summed E-state index contributed by atoms with van der Waals surface area (Å²) in [4.78, 5) is 1.66. The maximum absolute atomic E-state index is 14.6. The first-order valence-corrected chi connectivity index (χ1v) is 11.4. The van der Waals surface area contributed by atoms with Crippen LogP contribution in [0.5, 0.6) is 5.75 Å². The van der Waals surface area contributed by atoms with E-state index in [0.29, 0.717) is 25.2 Å². The second-order valence-corrected chi connectivity index (χ2v) is 8.57. The van der Waals surface area contributed by atoms with Crippen LogP contribution in [0.4, 0.5) is 24.5 Å². The maximum atomic E-state index is 14.6. The Labute approximate surface area is 196 Å². The van der Waals surface area contributed by atoms with E-state index in [0.717, 1.165) is 6.07 Å². The van der Waals surface area contributed by atoms with E-state index in [1.54, 1.807) is 17.0 Å². The van der Waals surface area contributed by atoms with Gasteiger partial charge in [0.25, 0.3) is 0 Å². The SMILES string of the molecule is C[C@@H](NCCC1CN(c2ccc(F)cc2F)c2cccc(F)c2O1)c1cccc2ccccc12. The van der Waals surface area contributed by atoms with Crippen molar-refractivity contribution in [3.8, 4) is 5.75 Å². The number of ether oxygens (including phenoxy) is 1. The minimum atomic E-state index is -0.696. The number of benzene rings is 4. The summed E-state index contributed by atoms with van der Waals surface area (Å²) in [7, 11) is 0. The number of nitrogens with one attached hydrogen (secondary N) is 1. The molecule has 1 N–H and O–H groups in total. The van der Waals surface area contributed by atoms with Gasteiger partial charge >= 0.3 is 0 Å². The Morgan fingerprint density at radius 2 is 1.71 bits per heavy atom. The predicted molar refractivity (Wildman–Crippen MR) is 129 cm³/mol. The van der Waals surface area contributed by atoms with Gasteiger partial charge in [0.1, 0.15) is 17.7 Å². The molecule has 0 saturated heterocycles. The van der Waals surface area contributed by atoms with Crippen LogP contribution in [0.2, 0.25) is 0 Å². The minimum absolute atomic E-state index is 0.0876. The monoisotopic (exact) mass is 462 g/mol. The highest BCUT2D eigenvalue weighted by molar-refractivity contribution is 5.86. The topological polar surface area (TPSA) is 24.5 Å². The molecule has 0 radical (unpaired) electrons. The molecule has 0 bridgehead atoms. The molecule has 4 aromatic rings. The fourth-order valence-corrected chi connectivity index (χ4v) is 4.61. The molecule has 4 aromatic carbocycles. The predicted octanol–water partition coefficient (Wildman–Crippen LogP) is 6.90. The van der Waals surface area contributed by atoms with E-state index >= 15 is 0 Å². The van der Waals surface area contributed by atoms with Gasteiger partial charge in [0.15, 0.2) is 11.6 Å². The van der Waals surface area contributed by atoms with E-state index in [1.165, 1.54) is 34.5 Å². The van der Waals surface area contributed by atoms with Crippen LogP contribution in [0.3, 0.4) is 0 Å². The number of hydrogen-bond donors (Lipinski definition) is 1. The number of nitrogens with zero attached hydrogens (tertiary/aromatic N) is 1. The third kappa shape index (κ3) is 4.33. The van der Waals surface area contributed by atoms with E-state index in [1.807, 2.05) is 12.1 Å². The molecule has 1 aliphatic rings. The highest BCUT2D eigenvalue weighted by Crippen LogP contribution is 2.41. The fraction of sp³-hybridized carbons (Fsp3) is 0.214. The standard InChI is InChI=1S/C28H25F3N2O/c1-18(22-9-4-7-19-6-2-3-8-23(19)22)32-15-14-21-17-33(26-13-12-20(29)16-25(26)31)27-11-5-10-24(30)28(27)34-21/h2-13,16,18,21,32H,14-15,17H2,1H3/t18-,21?/m1/s1. The molecule has 5 rings (SSSR count). The summed E-state index contributed by atoms with van der Waals surface area (Å²) >= 11 is 0. The summed E-state index contributed by atoms with van der Waals surface area (Å²) in [6, 6.07) is 22.6. The fourth-order valence-electron chi connectivity index (χ4n) is 4.61. The molecule has 6 heteroatoms. The number of rotatable bonds is 6. The van der Waals surface area contributed by atoms with Gasteiger partial charge < -0.3 is 15.0 Å². The number of para-hydroxylation sites is 1. The van der Waals surface area contributed by atoms with Crippen LogP contribution >= 0.6 is 0 Å². The van der Waals surface area contributed by atoms with Crippen molar-refractivity contribution in [3.05, 3.63) is 102 Å². The van der Waals surface area contributed by atoms with Crippen molar-refractivity contribution in [2.75, 3.05) is 18.0 Å². The first-order chi connectivity index (χ1) is 16.5. The van der Waals surface area contributed by atoms with Gasteiger partial charge in [-0.15, -0.1) is 0 Å². The van der Waals surface area contributed by atoms with Crippen molar-refractivity contribution in [3.63, 3.8) is 0 Å².